The van der Waals surface area contributed by atoms with Gasteiger partial charge in [-0.2, -0.15) is 4.98 Å². The van der Waals surface area contributed by atoms with Crippen LogP contribution in [-0.2, 0) is 14.2 Å². The minimum absolute atomic E-state index is 0.170. The molecule has 0 bridgehead atoms. The Morgan fingerprint density at radius 2 is 1.57 bits per heavy atom. The van der Waals surface area contributed by atoms with Crippen molar-refractivity contribution in [1.82, 2.24) is 9.55 Å². The Kier molecular flexibility index (Phi) is 10.9. The number of hydrogen-bond acceptors (Lipinski definition) is 18. The van der Waals surface area contributed by atoms with Crippen LogP contribution in [-0.4, -0.2) is 159 Å². The zero-order valence-corrected chi connectivity index (χ0v) is 21.0. The molecule has 2 aliphatic rings. The topological polar surface area (TPSA) is 343 Å². The van der Waals surface area contributed by atoms with E-state index in [4.69, 9.17) is 36.5 Å². The number of nitrogens with zero attached hydrogens (tertiary/aromatic N) is 2. The van der Waals surface area contributed by atoms with E-state index in [1.54, 1.807) is 0 Å². The van der Waals surface area contributed by atoms with Gasteiger partial charge in [0.15, 0.2) is 12.5 Å². The Labute approximate surface area is 226 Å². The van der Waals surface area contributed by atoms with Crippen LogP contribution < -0.4 is 22.9 Å². The van der Waals surface area contributed by atoms with Crippen LogP contribution in [0.4, 0.5) is 5.82 Å². The van der Waals surface area contributed by atoms with E-state index >= 15 is 0 Å². The second kappa shape index (κ2) is 13.4. The van der Waals surface area contributed by atoms with Crippen LogP contribution in [0.5, 0.6) is 0 Å². The number of rotatable bonds is 10. The highest BCUT2D eigenvalue weighted by Gasteiger charge is 2.53. The number of nitrogens with two attached hydrogens (primary N) is 3. The number of aromatic nitrogens is 2. The van der Waals surface area contributed by atoms with E-state index in [0.29, 0.717) is 0 Å². The summed E-state index contributed by atoms with van der Waals surface area (Å²) in [5.41, 5.74) is 16.3. The average molecular weight is 584 g/mol. The second-order valence-electron chi connectivity index (χ2n) is 9.70. The summed E-state index contributed by atoms with van der Waals surface area (Å²) in [5, 5.41) is 102. The molecule has 40 heavy (non-hydrogen) atoms. The highest BCUT2D eigenvalue weighted by molar-refractivity contribution is 5.23. The molecule has 0 aromatic carbocycles. The molecule has 0 spiro atoms. The largest absolute Gasteiger partial charge is 0.394 e. The maximum Gasteiger partial charge on any atom is 0.351 e. The Balaban J connectivity index is 2.02. The van der Waals surface area contributed by atoms with Gasteiger partial charge in [-0.25, -0.2) is 4.79 Å². The third-order valence-corrected chi connectivity index (χ3v) is 7.01. The van der Waals surface area contributed by atoms with Crippen LogP contribution in [0.3, 0.4) is 0 Å². The van der Waals surface area contributed by atoms with Crippen molar-refractivity contribution in [3.8, 4) is 0 Å². The van der Waals surface area contributed by atoms with Gasteiger partial charge in [0.25, 0.3) is 0 Å². The number of anilines is 1. The monoisotopic (exact) mass is 583 g/mol. The van der Waals surface area contributed by atoms with Crippen LogP contribution >= 0.6 is 0 Å². The lowest BCUT2D eigenvalue weighted by atomic mass is 9.87. The molecule has 230 valence electrons. The van der Waals surface area contributed by atoms with Crippen molar-refractivity contribution in [2.24, 2.45) is 11.5 Å². The van der Waals surface area contributed by atoms with E-state index in [-0.39, 0.29) is 5.82 Å². The number of aliphatic hydroxyl groups excluding tert-OH is 10. The van der Waals surface area contributed by atoms with Crippen molar-refractivity contribution in [3.63, 3.8) is 0 Å². The van der Waals surface area contributed by atoms with Crippen molar-refractivity contribution < 1.29 is 65.3 Å². The van der Waals surface area contributed by atoms with E-state index in [9.17, 15) is 50.8 Å². The van der Waals surface area contributed by atoms with Gasteiger partial charge in [-0.15, -0.1) is 0 Å². The maximum atomic E-state index is 12.4. The summed E-state index contributed by atoms with van der Waals surface area (Å²) in [7, 11) is 0. The summed E-state index contributed by atoms with van der Waals surface area (Å²) in [6.07, 6.45) is -23.4. The molecule has 1 aromatic rings. The van der Waals surface area contributed by atoms with Crippen LogP contribution in [0, 0.1) is 0 Å². The molecule has 2 fully saturated rings. The average Bonchev–Trinajstić information content (AvgIpc) is 2.93. The minimum atomic E-state index is -2.29. The summed E-state index contributed by atoms with van der Waals surface area (Å²) < 4.78 is 17.5. The third-order valence-electron chi connectivity index (χ3n) is 7.01. The van der Waals surface area contributed by atoms with Gasteiger partial charge < -0.3 is 82.5 Å². The van der Waals surface area contributed by atoms with Crippen molar-refractivity contribution >= 4 is 5.82 Å². The van der Waals surface area contributed by atoms with Gasteiger partial charge >= 0.3 is 5.69 Å². The predicted molar refractivity (Wildman–Crippen MR) is 129 cm³/mol. The first-order chi connectivity index (χ1) is 18.7. The molecule has 0 amide bonds. The molecule has 0 radical (unpaired) electrons. The SMILES string of the molecule is Nc1ccn([C@@H]2O[C@H](C(O[C@@H]3O[C@H](CO)[C@@H](O)[C@H](N)[C@H]3O)C(O)C(O)C(O)C(O)CO)[C@@H](N)[C@H](O)[C@H]2O)c(=O)n1. The van der Waals surface area contributed by atoms with E-state index < -0.39 is 111 Å². The van der Waals surface area contributed by atoms with Crippen molar-refractivity contribution in [1.29, 1.82) is 0 Å². The lowest BCUT2D eigenvalue weighted by molar-refractivity contribution is -0.326. The summed E-state index contributed by atoms with van der Waals surface area (Å²) in [4.78, 5) is 15.9. The fourth-order valence-electron chi connectivity index (χ4n) is 4.54. The Morgan fingerprint density at radius 3 is 2.15 bits per heavy atom. The quantitative estimate of drug-likeness (QED) is 0.121. The molecule has 2 saturated heterocycles. The number of ether oxygens (including phenoxy) is 3. The Morgan fingerprint density at radius 1 is 0.925 bits per heavy atom. The molecule has 1 aromatic heterocycles. The van der Waals surface area contributed by atoms with Gasteiger partial charge in [0, 0.05) is 6.20 Å². The van der Waals surface area contributed by atoms with Gasteiger partial charge in [-0.3, -0.25) is 4.57 Å². The summed E-state index contributed by atoms with van der Waals surface area (Å²) in [5.74, 6) is -0.170. The van der Waals surface area contributed by atoms with E-state index in [2.05, 4.69) is 4.98 Å². The number of aliphatic hydroxyl groups is 10. The zero-order chi connectivity index (χ0) is 30.0. The van der Waals surface area contributed by atoms with Crippen molar-refractivity contribution in [2.45, 2.75) is 91.7 Å². The molecular formula is C21H37N5O14. The Bertz CT molecular complexity index is 1020. The normalized spacial score (nSPS) is 38.8. The van der Waals surface area contributed by atoms with Gasteiger partial charge in [-0.05, 0) is 6.07 Å². The first-order valence-electron chi connectivity index (χ1n) is 12.2. The van der Waals surface area contributed by atoms with E-state index in [1.165, 1.54) is 6.07 Å². The van der Waals surface area contributed by atoms with Gasteiger partial charge in [0.05, 0.1) is 25.3 Å². The smallest absolute Gasteiger partial charge is 0.351 e. The molecule has 19 heteroatoms. The highest BCUT2D eigenvalue weighted by Crippen LogP contribution is 2.33. The van der Waals surface area contributed by atoms with Crippen molar-refractivity contribution in [3.05, 3.63) is 22.7 Å². The van der Waals surface area contributed by atoms with Crippen LogP contribution in [0.2, 0.25) is 0 Å². The van der Waals surface area contributed by atoms with Crippen LogP contribution in [0.25, 0.3) is 0 Å². The molecule has 3 heterocycles. The molecular weight excluding hydrogens is 546 g/mol. The standard InChI is InChI=1S/C21H37N5O14/c22-7-1-2-26(21(37)25-7)19-16(36)12(32)9(24)17(39-19)18(15(35)14(34)10(30)5(29)3-27)40-20-13(33)8(23)11(31)6(4-28)38-20/h1-2,5-6,8-20,27-36H,3-4,23-24H2,(H2,22,25,37)/t5?,6-,8+,9+,10?,11-,12+,13-,14?,15?,16-,17+,18?,19-,20+/m1/s1. The molecule has 3 rings (SSSR count). The molecule has 2 aliphatic heterocycles. The van der Waals surface area contributed by atoms with Crippen LogP contribution in [0.15, 0.2) is 17.1 Å². The van der Waals surface area contributed by atoms with Crippen LogP contribution in [0.1, 0.15) is 6.23 Å². The lowest BCUT2D eigenvalue weighted by Gasteiger charge is -2.48. The maximum absolute atomic E-state index is 12.4. The number of nitrogen functional groups attached to an aromatic ring is 1. The summed E-state index contributed by atoms with van der Waals surface area (Å²) in [6, 6.07) is -1.90. The lowest BCUT2D eigenvalue weighted by Crippen LogP contribution is -2.69. The van der Waals surface area contributed by atoms with Gasteiger partial charge in [-0.1, -0.05) is 0 Å². The van der Waals surface area contributed by atoms with Crippen molar-refractivity contribution in [2.75, 3.05) is 18.9 Å². The molecule has 19 nitrogen and oxygen atoms in total. The molecule has 0 saturated carbocycles. The third kappa shape index (κ3) is 6.43. The molecule has 16 N–H and O–H groups in total. The van der Waals surface area contributed by atoms with E-state index in [1.807, 2.05) is 0 Å². The van der Waals surface area contributed by atoms with Gasteiger partial charge in [0.1, 0.15) is 73.0 Å². The molecule has 0 aliphatic carbocycles. The first kappa shape index (κ1) is 32.6. The second-order valence-corrected chi connectivity index (χ2v) is 9.70. The molecule has 5 unspecified atom stereocenters. The zero-order valence-electron chi connectivity index (χ0n) is 21.0. The first-order valence-corrected chi connectivity index (χ1v) is 12.2. The number of hydrogen-bond donors (Lipinski definition) is 13. The minimum Gasteiger partial charge on any atom is -0.394 e. The summed E-state index contributed by atoms with van der Waals surface area (Å²) >= 11 is 0. The highest BCUT2D eigenvalue weighted by atomic mass is 16.7. The Hall–Kier alpha value is -1.92. The summed E-state index contributed by atoms with van der Waals surface area (Å²) in [6.45, 7) is -1.80. The molecule has 15 atom stereocenters. The predicted octanol–water partition coefficient (Wildman–Crippen LogP) is -8.64. The van der Waals surface area contributed by atoms with E-state index in [0.717, 1.165) is 10.8 Å². The fourth-order valence-corrected chi connectivity index (χ4v) is 4.54. The van der Waals surface area contributed by atoms with Gasteiger partial charge in [0.2, 0.25) is 0 Å². The fraction of sp³-hybridized carbons (Fsp3) is 0.810.